The summed E-state index contributed by atoms with van der Waals surface area (Å²) in [5.74, 6) is -0.576. The summed E-state index contributed by atoms with van der Waals surface area (Å²) < 4.78 is 31.4. The Bertz CT molecular complexity index is 1160. The van der Waals surface area contributed by atoms with Crippen LogP contribution in [0.15, 0.2) is 42.5 Å². The zero-order valence-electron chi connectivity index (χ0n) is 20.6. The van der Waals surface area contributed by atoms with Crippen molar-refractivity contribution in [2.75, 3.05) is 24.2 Å². The Hall–Kier alpha value is -2.49. The highest BCUT2D eigenvalue weighted by Gasteiger charge is 2.32. The van der Waals surface area contributed by atoms with Gasteiger partial charge in [-0.25, -0.2) is 8.42 Å². The summed E-state index contributed by atoms with van der Waals surface area (Å²) >= 11 is 12.7. The molecule has 2 amide bonds. The molecule has 1 N–H and O–H groups in total. The molecule has 0 fully saturated rings. The van der Waals surface area contributed by atoms with Gasteiger partial charge in [-0.1, -0.05) is 35.3 Å². The van der Waals surface area contributed by atoms with Crippen molar-refractivity contribution in [3.05, 3.63) is 58.1 Å². The molecule has 0 aliphatic heterocycles. The fourth-order valence-electron chi connectivity index (χ4n) is 3.29. The summed E-state index contributed by atoms with van der Waals surface area (Å²) in [4.78, 5) is 27.8. The number of sulfonamides is 1. The molecule has 0 bridgehead atoms. The number of nitrogens with zero attached hydrogens (tertiary/aromatic N) is 2. The fourth-order valence-corrected chi connectivity index (χ4v) is 4.65. The standard InChI is InChI=1S/C24H31Cl2N3O5S/c1-16(23(31)27-24(2,3)4)28(14-19-20(25)11-8-12-21(19)26)22(30)15-29(35(6,32)33)17-9-7-10-18(13-17)34-5/h7-13,16H,14-15H2,1-6H3,(H,27,31)/t16-/m1/s1. The van der Waals surface area contributed by atoms with Crippen LogP contribution in [0.4, 0.5) is 5.69 Å². The van der Waals surface area contributed by atoms with E-state index in [2.05, 4.69) is 5.32 Å². The Morgan fingerprint density at radius 1 is 1.09 bits per heavy atom. The Morgan fingerprint density at radius 2 is 1.66 bits per heavy atom. The summed E-state index contributed by atoms with van der Waals surface area (Å²) in [6.45, 7) is 6.40. The summed E-state index contributed by atoms with van der Waals surface area (Å²) in [7, 11) is -2.40. The summed E-state index contributed by atoms with van der Waals surface area (Å²) in [5.41, 5.74) is 0.163. The van der Waals surface area contributed by atoms with Crippen molar-refractivity contribution in [2.45, 2.75) is 45.8 Å². The Balaban J connectivity index is 2.48. The number of ether oxygens (including phenoxy) is 1. The van der Waals surface area contributed by atoms with Crippen LogP contribution in [0.2, 0.25) is 10.0 Å². The number of hydrogen-bond acceptors (Lipinski definition) is 5. The Kier molecular flexibility index (Phi) is 9.44. The van der Waals surface area contributed by atoms with Crippen molar-refractivity contribution < 1.29 is 22.7 Å². The first-order chi connectivity index (χ1) is 16.1. The monoisotopic (exact) mass is 543 g/mol. The van der Waals surface area contributed by atoms with Gasteiger partial charge in [-0.05, 0) is 52.0 Å². The molecule has 1 atom stereocenters. The van der Waals surface area contributed by atoms with E-state index in [-0.39, 0.29) is 12.2 Å². The van der Waals surface area contributed by atoms with Crippen LogP contribution < -0.4 is 14.4 Å². The number of amides is 2. The number of methoxy groups -OCH3 is 1. The third-order valence-corrected chi connectivity index (χ3v) is 6.92. The molecule has 2 aromatic rings. The fraction of sp³-hybridized carbons (Fsp3) is 0.417. The van der Waals surface area contributed by atoms with Gasteiger partial charge < -0.3 is 15.0 Å². The van der Waals surface area contributed by atoms with Crippen LogP contribution in [0.25, 0.3) is 0 Å². The first-order valence-corrected chi connectivity index (χ1v) is 13.4. The number of hydrogen-bond donors (Lipinski definition) is 1. The van der Waals surface area contributed by atoms with E-state index in [9.17, 15) is 18.0 Å². The van der Waals surface area contributed by atoms with Crippen LogP contribution >= 0.6 is 23.2 Å². The first-order valence-electron chi connectivity index (χ1n) is 10.8. The topological polar surface area (TPSA) is 96.0 Å². The average molecular weight is 545 g/mol. The Labute approximate surface area is 217 Å². The summed E-state index contributed by atoms with van der Waals surface area (Å²) in [6, 6.07) is 10.3. The average Bonchev–Trinajstić information content (AvgIpc) is 2.74. The van der Waals surface area contributed by atoms with E-state index in [1.165, 1.54) is 18.1 Å². The van der Waals surface area contributed by atoms with Crippen molar-refractivity contribution in [1.29, 1.82) is 0 Å². The summed E-state index contributed by atoms with van der Waals surface area (Å²) in [5, 5.41) is 3.50. The highest BCUT2D eigenvalue weighted by molar-refractivity contribution is 7.92. The molecule has 0 saturated heterocycles. The maximum Gasteiger partial charge on any atom is 0.244 e. The van der Waals surface area contributed by atoms with Gasteiger partial charge in [0.25, 0.3) is 0 Å². The SMILES string of the molecule is COc1cccc(N(CC(=O)N(Cc2c(Cl)cccc2Cl)[C@H](C)C(=O)NC(C)(C)C)S(C)(=O)=O)c1. The van der Waals surface area contributed by atoms with E-state index < -0.39 is 40.0 Å². The number of nitrogens with one attached hydrogen (secondary N) is 1. The molecule has 0 aliphatic carbocycles. The molecule has 0 aliphatic rings. The van der Waals surface area contributed by atoms with Gasteiger partial charge in [0, 0.05) is 33.8 Å². The molecule has 0 aromatic heterocycles. The zero-order valence-corrected chi connectivity index (χ0v) is 23.0. The van der Waals surface area contributed by atoms with Gasteiger partial charge in [-0.3, -0.25) is 13.9 Å². The highest BCUT2D eigenvalue weighted by Crippen LogP contribution is 2.28. The largest absolute Gasteiger partial charge is 0.497 e. The van der Waals surface area contributed by atoms with Crippen LogP contribution in [-0.4, -0.2) is 56.6 Å². The van der Waals surface area contributed by atoms with Gasteiger partial charge in [0.1, 0.15) is 18.3 Å². The molecular weight excluding hydrogens is 513 g/mol. The van der Waals surface area contributed by atoms with Gasteiger partial charge in [0.15, 0.2) is 0 Å². The predicted octanol–water partition coefficient (Wildman–Crippen LogP) is 4.10. The van der Waals surface area contributed by atoms with Crippen LogP contribution in [-0.2, 0) is 26.2 Å². The summed E-state index contributed by atoms with van der Waals surface area (Å²) in [6.07, 6.45) is 1.00. The van der Waals surface area contributed by atoms with E-state index in [1.54, 1.807) is 43.3 Å². The van der Waals surface area contributed by atoms with Crippen LogP contribution in [0.1, 0.15) is 33.3 Å². The molecule has 11 heteroatoms. The minimum Gasteiger partial charge on any atom is -0.497 e. The zero-order chi connectivity index (χ0) is 26.6. The molecule has 0 spiro atoms. The third-order valence-electron chi connectivity index (χ3n) is 5.08. The van der Waals surface area contributed by atoms with Crippen molar-refractivity contribution in [1.82, 2.24) is 10.2 Å². The van der Waals surface area contributed by atoms with Crippen molar-refractivity contribution in [2.24, 2.45) is 0 Å². The number of rotatable bonds is 9. The molecule has 0 unspecified atom stereocenters. The Morgan fingerprint density at radius 3 is 2.17 bits per heavy atom. The van der Waals surface area contributed by atoms with Crippen LogP contribution in [0, 0.1) is 0 Å². The maximum atomic E-state index is 13.6. The molecule has 8 nitrogen and oxygen atoms in total. The number of benzene rings is 2. The molecule has 0 saturated carbocycles. The molecule has 2 aromatic carbocycles. The lowest BCUT2D eigenvalue weighted by molar-refractivity contribution is -0.140. The lowest BCUT2D eigenvalue weighted by Crippen LogP contribution is -2.54. The molecule has 2 rings (SSSR count). The van der Waals surface area contributed by atoms with Gasteiger partial charge in [0.2, 0.25) is 21.8 Å². The van der Waals surface area contributed by atoms with E-state index in [4.69, 9.17) is 27.9 Å². The second-order valence-corrected chi connectivity index (χ2v) is 11.8. The normalized spacial score (nSPS) is 12.6. The number of carbonyl (C=O) groups excluding carboxylic acids is 2. The third kappa shape index (κ3) is 8.02. The molecular formula is C24H31Cl2N3O5S. The number of halogens is 2. The van der Waals surface area contributed by atoms with Gasteiger partial charge in [-0.2, -0.15) is 0 Å². The van der Waals surface area contributed by atoms with E-state index >= 15 is 0 Å². The van der Waals surface area contributed by atoms with E-state index in [0.717, 1.165) is 10.6 Å². The van der Waals surface area contributed by atoms with Gasteiger partial charge in [0.05, 0.1) is 19.1 Å². The first kappa shape index (κ1) is 28.7. The smallest absolute Gasteiger partial charge is 0.244 e. The van der Waals surface area contributed by atoms with Gasteiger partial charge in [-0.15, -0.1) is 0 Å². The maximum absolute atomic E-state index is 13.6. The second-order valence-electron chi connectivity index (χ2n) is 9.11. The van der Waals surface area contributed by atoms with Gasteiger partial charge >= 0.3 is 0 Å². The van der Waals surface area contributed by atoms with Crippen LogP contribution in [0.3, 0.4) is 0 Å². The van der Waals surface area contributed by atoms with Crippen LogP contribution in [0.5, 0.6) is 5.75 Å². The lowest BCUT2D eigenvalue weighted by Gasteiger charge is -2.33. The highest BCUT2D eigenvalue weighted by atomic mass is 35.5. The van der Waals surface area contributed by atoms with E-state index in [0.29, 0.717) is 21.4 Å². The number of anilines is 1. The van der Waals surface area contributed by atoms with Crippen molar-refractivity contribution >= 4 is 50.7 Å². The van der Waals surface area contributed by atoms with Crippen molar-refractivity contribution in [3.8, 4) is 5.75 Å². The minimum atomic E-state index is -3.86. The molecule has 0 radical (unpaired) electrons. The number of carbonyl (C=O) groups is 2. The minimum absolute atomic E-state index is 0.0915. The quantitative estimate of drug-likeness (QED) is 0.513. The second kappa shape index (κ2) is 11.5. The lowest BCUT2D eigenvalue weighted by atomic mass is 10.1. The van der Waals surface area contributed by atoms with Crippen molar-refractivity contribution in [3.63, 3.8) is 0 Å². The molecule has 0 heterocycles. The molecule has 35 heavy (non-hydrogen) atoms. The predicted molar refractivity (Wildman–Crippen MR) is 140 cm³/mol. The molecule has 192 valence electrons. The van der Waals surface area contributed by atoms with E-state index in [1.807, 2.05) is 20.8 Å².